The average molecular weight is 569 g/mol. The number of amides is 1. The number of aromatic nitrogens is 2. The van der Waals surface area contributed by atoms with Crippen molar-refractivity contribution in [1.82, 2.24) is 19.6 Å². The summed E-state index contributed by atoms with van der Waals surface area (Å²) >= 11 is 0. The van der Waals surface area contributed by atoms with Crippen molar-refractivity contribution in [1.29, 1.82) is 0 Å². The van der Waals surface area contributed by atoms with Gasteiger partial charge in [0.25, 0.3) is 5.91 Å². The van der Waals surface area contributed by atoms with Gasteiger partial charge >= 0.3 is 0 Å². The number of imidazole rings is 1. The van der Waals surface area contributed by atoms with E-state index in [1.54, 1.807) is 0 Å². The molecule has 2 aliphatic heterocycles. The van der Waals surface area contributed by atoms with Gasteiger partial charge in [-0.2, -0.15) is 10.1 Å². The van der Waals surface area contributed by atoms with E-state index < -0.39 is 22.2 Å². The first-order valence-corrected chi connectivity index (χ1v) is 15.4. The van der Waals surface area contributed by atoms with E-state index in [0.29, 0.717) is 25.7 Å². The van der Waals surface area contributed by atoms with Gasteiger partial charge in [0.05, 0.1) is 0 Å². The second-order valence-corrected chi connectivity index (χ2v) is 15.1. The molecule has 8 nitrogen and oxygen atoms in total. The minimum absolute atomic E-state index is 0.0259. The van der Waals surface area contributed by atoms with E-state index in [2.05, 4.69) is 96.0 Å². The Hall–Kier alpha value is -2.26. The number of carbonyl (C=O) groups is 1. The van der Waals surface area contributed by atoms with Gasteiger partial charge in [0, 0.05) is 34.2 Å². The molecule has 0 atom stereocenters. The SMILES string of the molecule is CCCc1ccc(C[n+]2ccn(CC(=O)N(C3CC(C)(C)N(O)C(C)(C)C3)C3CC(C)(C)N(O)C(C)(C)C3)c2)cc1. The minimum atomic E-state index is -0.475. The maximum Gasteiger partial charge on any atom is 0.265 e. The maximum absolute atomic E-state index is 14.3. The number of hydroxylamine groups is 4. The van der Waals surface area contributed by atoms with Crippen LogP contribution in [0.2, 0.25) is 0 Å². The zero-order chi connectivity index (χ0) is 30.4. The molecule has 1 aromatic carbocycles. The van der Waals surface area contributed by atoms with Crippen molar-refractivity contribution >= 4 is 5.91 Å². The van der Waals surface area contributed by atoms with E-state index in [0.717, 1.165) is 19.4 Å². The van der Waals surface area contributed by atoms with Gasteiger partial charge in [-0.1, -0.05) is 37.6 Å². The number of hydrogen-bond acceptors (Lipinski definition) is 5. The molecule has 0 aliphatic carbocycles. The molecule has 0 spiro atoms. The summed E-state index contributed by atoms with van der Waals surface area (Å²) in [6, 6.07) is 8.74. The van der Waals surface area contributed by atoms with Crippen LogP contribution in [0.1, 0.15) is 106 Å². The molecular formula is C33H54N5O3+. The quantitative estimate of drug-likeness (QED) is 0.416. The van der Waals surface area contributed by atoms with Gasteiger partial charge in [-0.3, -0.25) is 4.79 Å². The lowest BCUT2D eigenvalue weighted by molar-refractivity contribution is -0.687. The highest BCUT2D eigenvalue weighted by molar-refractivity contribution is 5.77. The van der Waals surface area contributed by atoms with Crippen LogP contribution in [0.3, 0.4) is 0 Å². The van der Waals surface area contributed by atoms with Crippen LogP contribution in [0.4, 0.5) is 0 Å². The lowest BCUT2D eigenvalue weighted by Crippen LogP contribution is -2.68. The van der Waals surface area contributed by atoms with Crippen molar-refractivity contribution < 1.29 is 19.8 Å². The van der Waals surface area contributed by atoms with Crippen molar-refractivity contribution in [3.8, 4) is 0 Å². The molecule has 2 aliphatic rings. The lowest BCUT2D eigenvalue weighted by atomic mass is 9.74. The van der Waals surface area contributed by atoms with Crippen LogP contribution in [0.25, 0.3) is 0 Å². The summed E-state index contributed by atoms with van der Waals surface area (Å²) in [7, 11) is 0. The molecule has 2 saturated heterocycles. The molecule has 8 heteroatoms. The Morgan fingerprint density at radius 3 is 1.71 bits per heavy atom. The summed E-state index contributed by atoms with van der Waals surface area (Å²) in [5, 5.41) is 25.0. The number of aryl methyl sites for hydroxylation is 1. The number of nitrogens with zero attached hydrogens (tertiary/aromatic N) is 5. The number of piperidine rings is 2. The average Bonchev–Trinajstić information content (AvgIpc) is 3.28. The Kier molecular flexibility index (Phi) is 8.83. The first-order chi connectivity index (χ1) is 18.9. The monoisotopic (exact) mass is 568 g/mol. The zero-order valence-electron chi connectivity index (χ0n) is 26.9. The van der Waals surface area contributed by atoms with Gasteiger partial charge in [-0.25, -0.2) is 9.13 Å². The van der Waals surface area contributed by atoms with E-state index in [9.17, 15) is 15.2 Å². The van der Waals surface area contributed by atoms with Crippen LogP contribution in [0.5, 0.6) is 0 Å². The van der Waals surface area contributed by atoms with E-state index in [1.165, 1.54) is 21.3 Å². The largest absolute Gasteiger partial charge is 0.333 e. The summed E-state index contributed by atoms with van der Waals surface area (Å²) in [5.41, 5.74) is 0.698. The summed E-state index contributed by atoms with van der Waals surface area (Å²) in [5.74, 6) is 0.0858. The third kappa shape index (κ3) is 6.87. The molecule has 1 amide bonds. The molecule has 0 radical (unpaired) electrons. The molecule has 0 saturated carbocycles. The number of hydrogen-bond donors (Lipinski definition) is 2. The third-order valence-electron chi connectivity index (χ3n) is 9.30. The summed E-state index contributed by atoms with van der Waals surface area (Å²) < 4.78 is 4.11. The number of rotatable bonds is 8. The summed E-state index contributed by atoms with van der Waals surface area (Å²) in [6.07, 6.45) is 11.0. The molecule has 3 heterocycles. The Morgan fingerprint density at radius 1 is 0.829 bits per heavy atom. The highest BCUT2D eigenvalue weighted by Crippen LogP contribution is 2.44. The fourth-order valence-electron chi connectivity index (χ4n) is 7.71. The van der Waals surface area contributed by atoms with Crippen molar-refractivity contribution in [2.45, 2.75) is 148 Å². The predicted octanol–water partition coefficient (Wildman–Crippen LogP) is 5.43. The third-order valence-corrected chi connectivity index (χ3v) is 9.30. The van der Waals surface area contributed by atoms with Gasteiger partial charge in [-0.15, -0.1) is 0 Å². The van der Waals surface area contributed by atoms with Crippen LogP contribution in [-0.4, -0.2) is 70.2 Å². The molecule has 4 rings (SSSR count). The second-order valence-electron chi connectivity index (χ2n) is 15.1. The number of carbonyl (C=O) groups excluding carboxylic acids is 1. The van der Waals surface area contributed by atoms with Gasteiger partial charge in [0.15, 0.2) is 6.54 Å². The Bertz CT molecular complexity index is 1120. The Morgan fingerprint density at radius 2 is 1.27 bits per heavy atom. The predicted molar refractivity (Wildman–Crippen MR) is 161 cm³/mol. The van der Waals surface area contributed by atoms with E-state index in [1.807, 2.05) is 23.3 Å². The van der Waals surface area contributed by atoms with Crippen LogP contribution in [0, 0.1) is 0 Å². The standard InChI is InChI=1S/C33H54N5O3/c1-10-11-25-12-14-26(15-13-25)22-34-16-17-35(24-34)23-29(39)36(27-18-30(2,3)37(40)31(4,5)19-27)28-20-32(6,7)38(41)33(8,9)21-28/h12-17,24,27-28,40-41H,10-11,18-23H2,1-9H3/q+1. The molecule has 1 aromatic heterocycles. The number of benzene rings is 1. The Labute approximate surface area is 247 Å². The van der Waals surface area contributed by atoms with Crippen LogP contribution in [0.15, 0.2) is 43.0 Å². The van der Waals surface area contributed by atoms with Crippen LogP contribution < -0.4 is 4.57 Å². The van der Waals surface area contributed by atoms with Crippen molar-refractivity contribution in [2.24, 2.45) is 0 Å². The summed E-state index contributed by atoms with van der Waals surface area (Å²) in [6.45, 7) is 19.6. The van der Waals surface area contributed by atoms with Gasteiger partial charge in [0.1, 0.15) is 18.9 Å². The fraction of sp³-hybridized carbons (Fsp3) is 0.697. The van der Waals surface area contributed by atoms with E-state index in [-0.39, 0.29) is 24.5 Å². The Balaban J connectivity index is 1.58. The molecule has 2 N–H and O–H groups in total. The molecule has 0 bridgehead atoms. The first-order valence-electron chi connectivity index (χ1n) is 15.4. The van der Waals surface area contributed by atoms with Crippen LogP contribution >= 0.6 is 0 Å². The van der Waals surface area contributed by atoms with Gasteiger partial charge in [-0.05, 0) is 98.6 Å². The maximum atomic E-state index is 14.3. The van der Waals surface area contributed by atoms with Crippen molar-refractivity contribution in [3.05, 3.63) is 54.1 Å². The van der Waals surface area contributed by atoms with Crippen molar-refractivity contribution in [3.63, 3.8) is 0 Å². The fourth-order valence-corrected chi connectivity index (χ4v) is 7.71. The highest BCUT2D eigenvalue weighted by Gasteiger charge is 2.52. The van der Waals surface area contributed by atoms with Crippen LogP contribution in [-0.2, 0) is 24.3 Å². The smallest absolute Gasteiger partial charge is 0.265 e. The lowest BCUT2D eigenvalue weighted by Gasteiger charge is -2.58. The van der Waals surface area contributed by atoms with E-state index in [4.69, 9.17) is 0 Å². The van der Waals surface area contributed by atoms with Gasteiger partial charge in [0.2, 0.25) is 6.33 Å². The van der Waals surface area contributed by atoms with Crippen molar-refractivity contribution in [2.75, 3.05) is 0 Å². The second kappa shape index (κ2) is 11.4. The summed E-state index contributed by atoms with van der Waals surface area (Å²) in [4.78, 5) is 16.5. The highest BCUT2D eigenvalue weighted by atomic mass is 16.5. The van der Waals surface area contributed by atoms with Gasteiger partial charge < -0.3 is 15.3 Å². The topological polar surface area (TPSA) is 76.1 Å². The molecule has 228 valence electrons. The first kappa shape index (κ1) is 31.7. The normalized spacial score (nSPS) is 23.0. The molecular weight excluding hydrogens is 514 g/mol. The minimum Gasteiger partial charge on any atom is -0.333 e. The molecule has 2 fully saturated rings. The molecule has 2 aromatic rings. The molecule has 41 heavy (non-hydrogen) atoms. The molecule has 0 unspecified atom stereocenters. The van der Waals surface area contributed by atoms with E-state index >= 15 is 0 Å². The zero-order valence-corrected chi connectivity index (χ0v) is 26.9.